The Kier molecular flexibility index (Phi) is 4.23. The van der Waals surface area contributed by atoms with E-state index in [1.54, 1.807) is 0 Å². The molecule has 1 nitrogen and oxygen atoms in total. The molecule has 1 unspecified atom stereocenters. The quantitative estimate of drug-likeness (QED) is 0.842. The summed E-state index contributed by atoms with van der Waals surface area (Å²) < 4.78 is 1.20. The minimum atomic E-state index is 0.494. The fourth-order valence-corrected chi connectivity index (χ4v) is 3.63. The topological polar surface area (TPSA) is 12.0 Å². The van der Waals surface area contributed by atoms with Crippen LogP contribution in [0, 0.1) is 6.92 Å². The zero-order chi connectivity index (χ0) is 13.9. The van der Waals surface area contributed by atoms with Crippen molar-refractivity contribution in [3.63, 3.8) is 0 Å². The van der Waals surface area contributed by atoms with Gasteiger partial charge in [0.25, 0.3) is 0 Å². The lowest BCUT2D eigenvalue weighted by Gasteiger charge is -2.26. The molecule has 0 aliphatic heterocycles. The zero-order valence-electron chi connectivity index (χ0n) is 11.8. The van der Waals surface area contributed by atoms with Gasteiger partial charge in [-0.1, -0.05) is 52.3 Å². The van der Waals surface area contributed by atoms with Crippen molar-refractivity contribution < 1.29 is 0 Å². The van der Waals surface area contributed by atoms with Crippen molar-refractivity contribution in [2.45, 2.75) is 38.8 Å². The lowest BCUT2D eigenvalue weighted by atomic mass is 9.87. The number of hydrogen-bond donors (Lipinski definition) is 1. The molecule has 0 radical (unpaired) electrons. The first-order valence-electron chi connectivity index (χ1n) is 7.30. The van der Waals surface area contributed by atoms with E-state index in [0.29, 0.717) is 6.04 Å². The van der Waals surface area contributed by atoms with Gasteiger partial charge in [-0.15, -0.1) is 0 Å². The van der Waals surface area contributed by atoms with Gasteiger partial charge in [-0.3, -0.25) is 0 Å². The summed E-state index contributed by atoms with van der Waals surface area (Å²) in [6, 6.07) is 15.9. The number of fused-ring (bicyclic) bond motifs is 1. The summed E-state index contributed by atoms with van der Waals surface area (Å²) in [5.41, 5.74) is 5.63. The fraction of sp³-hybridized carbons (Fsp3) is 0.333. The maximum Gasteiger partial charge on any atom is 0.0326 e. The molecule has 0 heterocycles. The van der Waals surface area contributed by atoms with Crippen LogP contribution in [0.2, 0.25) is 0 Å². The van der Waals surface area contributed by atoms with Crippen molar-refractivity contribution in [2.24, 2.45) is 0 Å². The molecule has 2 aromatic rings. The number of hydrogen-bond acceptors (Lipinski definition) is 1. The van der Waals surface area contributed by atoms with E-state index >= 15 is 0 Å². The molecule has 20 heavy (non-hydrogen) atoms. The third-order valence-corrected chi connectivity index (χ3v) is 4.86. The predicted octanol–water partition coefficient (Wildman–Crippen LogP) is 4.92. The van der Waals surface area contributed by atoms with Gasteiger partial charge in [-0.25, -0.2) is 0 Å². The van der Waals surface area contributed by atoms with Crippen LogP contribution < -0.4 is 5.32 Å². The average Bonchev–Trinajstić information content (AvgIpc) is 2.46. The predicted molar refractivity (Wildman–Crippen MR) is 87.8 cm³/mol. The molecule has 0 amide bonds. The van der Waals surface area contributed by atoms with Gasteiger partial charge in [-0.05, 0) is 54.5 Å². The summed E-state index contributed by atoms with van der Waals surface area (Å²) in [5, 5.41) is 3.72. The smallest absolute Gasteiger partial charge is 0.0326 e. The van der Waals surface area contributed by atoms with Crippen molar-refractivity contribution in [1.29, 1.82) is 0 Å². The molecule has 0 spiro atoms. The fourth-order valence-electron chi connectivity index (χ4n) is 2.99. The Hall–Kier alpha value is -1.12. The van der Waals surface area contributed by atoms with Crippen LogP contribution in [-0.4, -0.2) is 0 Å². The summed E-state index contributed by atoms with van der Waals surface area (Å²) in [7, 11) is 0. The molecule has 0 saturated carbocycles. The van der Waals surface area contributed by atoms with Gasteiger partial charge in [0.15, 0.2) is 0 Å². The number of rotatable bonds is 3. The minimum absolute atomic E-state index is 0.494. The second-order valence-electron chi connectivity index (χ2n) is 5.62. The first-order chi connectivity index (χ1) is 9.74. The molecule has 2 heteroatoms. The molecule has 0 saturated heterocycles. The molecular weight excluding hydrogens is 310 g/mol. The number of aryl methyl sites for hydroxylation is 2. The van der Waals surface area contributed by atoms with Crippen LogP contribution in [-0.2, 0) is 13.0 Å². The molecule has 2 aromatic carbocycles. The normalized spacial score (nSPS) is 17.8. The van der Waals surface area contributed by atoms with Gasteiger partial charge in [0, 0.05) is 17.1 Å². The zero-order valence-corrected chi connectivity index (χ0v) is 13.4. The van der Waals surface area contributed by atoms with E-state index in [2.05, 4.69) is 70.6 Å². The van der Waals surface area contributed by atoms with E-state index in [1.165, 1.54) is 46.0 Å². The van der Waals surface area contributed by atoms with E-state index < -0.39 is 0 Å². The van der Waals surface area contributed by atoms with Crippen molar-refractivity contribution >= 4 is 15.9 Å². The number of halogens is 1. The van der Waals surface area contributed by atoms with Crippen LogP contribution in [0.15, 0.2) is 46.9 Å². The summed E-state index contributed by atoms with van der Waals surface area (Å²) in [5.74, 6) is 0. The highest BCUT2D eigenvalue weighted by Crippen LogP contribution is 2.30. The van der Waals surface area contributed by atoms with E-state index in [4.69, 9.17) is 0 Å². The largest absolute Gasteiger partial charge is 0.306 e. The standard InChI is InChI=1S/C18H20BrN/c1-13-9-10-15(17(19)11-13)12-20-18-8-4-6-14-5-2-3-7-16(14)18/h2-3,5,7,9-11,18,20H,4,6,8,12H2,1H3. The maximum atomic E-state index is 3.72. The average molecular weight is 330 g/mol. The molecule has 1 N–H and O–H groups in total. The molecule has 1 aliphatic carbocycles. The highest BCUT2D eigenvalue weighted by molar-refractivity contribution is 9.10. The van der Waals surface area contributed by atoms with Gasteiger partial charge in [0.2, 0.25) is 0 Å². The third kappa shape index (κ3) is 2.97. The SMILES string of the molecule is Cc1ccc(CNC2CCCc3ccccc32)c(Br)c1. The number of benzene rings is 2. The molecule has 3 rings (SSSR count). The highest BCUT2D eigenvalue weighted by Gasteiger charge is 2.19. The molecular formula is C18H20BrN. The third-order valence-electron chi connectivity index (χ3n) is 4.12. The van der Waals surface area contributed by atoms with Gasteiger partial charge in [0.05, 0.1) is 0 Å². The van der Waals surface area contributed by atoms with Crippen molar-refractivity contribution in [1.82, 2.24) is 5.32 Å². The monoisotopic (exact) mass is 329 g/mol. The first-order valence-corrected chi connectivity index (χ1v) is 8.09. The maximum absolute atomic E-state index is 3.72. The van der Waals surface area contributed by atoms with E-state index in [9.17, 15) is 0 Å². The Labute approximate surface area is 129 Å². The van der Waals surface area contributed by atoms with Crippen LogP contribution in [0.5, 0.6) is 0 Å². The molecule has 0 fully saturated rings. The van der Waals surface area contributed by atoms with Crippen LogP contribution in [0.25, 0.3) is 0 Å². The first kappa shape index (κ1) is 13.8. The van der Waals surface area contributed by atoms with E-state index in [-0.39, 0.29) is 0 Å². The Morgan fingerprint density at radius 2 is 2.05 bits per heavy atom. The van der Waals surface area contributed by atoms with Crippen LogP contribution in [0.3, 0.4) is 0 Å². The summed E-state index contributed by atoms with van der Waals surface area (Å²) in [6.07, 6.45) is 3.74. The van der Waals surface area contributed by atoms with Gasteiger partial charge in [0.1, 0.15) is 0 Å². The second-order valence-corrected chi connectivity index (χ2v) is 6.47. The van der Waals surface area contributed by atoms with Crippen molar-refractivity contribution in [3.8, 4) is 0 Å². The molecule has 0 aromatic heterocycles. The lowest BCUT2D eigenvalue weighted by Crippen LogP contribution is -2.24. The second kappa shape index (κ2) is 6.11. The highest BCUT2D eigenvalue weighted by atomic mass is 79.9. The Morgan fingerprint density at radius 3 is 2.90 bits per heavy atom. The van der Waals surface area contributed by atoms with Crippen LogP contribution in [0.4, 0.5) is 0 Å². The summed E-state index contributed by atoms with van der Waals surface area (Å²) >= 11 is 3.66. The minimum Gasteiger partial charge on any atom is -0.306 e. The van der Waals surface area contributed by atoms with Crippen molar-refractivity contribution in [2.75, 3.05) is 0 Å². The summed E-state index contributed by atoms with van der Waals surface area (Å²) in [6.45, 7) is 3.04. The van der Waals surface area contributed by atoms with E-state index in [0.717, 1.165) is 6.54 Å². The molecule has 1 aliphatic rings. The molecule has 0 bridgehead atoms. The Morgan fingerprint density at radius 1 is 1.20 bits per heavy atom. The Bertz CT molecular complexity index is 606. The summed E-state index contributed by atoms with van der Waals surface area (Å²) in [4.78, 5) is 0. The molecule has 1 atom stereocenters. The van der Waals surface area contributed by atoms with Crippen LogP contribution in [0.1, 0.15) is 41.1 Å². The van der Waals surface area contributed by atoms with Gasteiger partial charge in [-0.2, -0.15) is 0 Å². The molecule has 104 valence electrons. The van der Waals surface area contributed by atoms with Gasteiger partial charge < -0.3 is 5.32 Å². The Balaban J connectivity index is 1.73. The van der Waals surface area contributed by atoms with Crippen molar-refractivity contribution in [3.05, 3.63) is 69.2 Å². The number of nitrogens with one attached hydrogen (secondary N) is 1. The van der Waals surface area contributed by atoms with Crippen LogP contribution >= 0.6 is 15.9 Å². The van der Waals surface area contributed by atoms with Gasteiger partial charge >= 0.3 is 0 Å². The van der Waals surface area contributed by atoms with E-state index in [1.807, 2.05) is 0 Å². The lowest BCUT2D eigenvalue weighted by molar-refractivity contribution is 0.458.